The average molecular weight is 604 g/mol. The number of methoxy groups -OCH3 is 1. The van der Waals surface area contributed by atoms with Crippen LogP contribution in [-0.4, -0.2) is 84.9 Å². The van der Waals surface area contributed by atoms with E-state index in [1.54, 1.807) is 39.8 Å². The second-order valence-corrected chi connectivity index (χ2v) is 12.3. The average Bonchev–Trinajstić information content (AvgIpc) is 3.43. The molecule has 2 aromatic carbocycles. The topological polar surface area (TPSA) is 131 Å². The van der Waals surface area contributed by atoms with Gasteiger partial charge in [0.1, 0.15) is 34.8 Å². The van der Waals surface area contributed by atoms with Gasteiger partial charge in [0.15, 0.2) is 0 Å². The van der Waals surface area contributed by atoms with Crippen LogP contribution in [0.4, 0.5) is 4.79 Å². The molecule has 44 heavy (non-hydrogen) atoms. The summed E-state index contributed by atoms with van der Waals surface area (Å²) < 4.78 is 17.6. The number of rotatable bonds is 7. The molecule has 3 N–H and O–H groups in total. The zero-order valence-electron chi connectivity index (χ0n) is 25.9. The predicted octanol–water partition coefficient (Wildman–Crippen LogP) is 3.65. The van der Waals surface area contributed by atoms with Gasteiger partial charge in [0, 0.05) is 36.6 Å². The first-order chi connectivity index (χ1) is 21.0. The number of nitrogens with one attached hydrogen (secondary N) is 3. The normalized spacial score (nSPS) is 19.7. The Bertz CT molecular complexity index is 1520. The number of likely N-dealkylation sites (tertiary alicyclic amines) is 1. The number of carbonyl (C=O) groups excluding carboxylic acids is 3. The van der Waals surface area contributed by atoms with Gasteiger partial charge in [-0.2, -0.15) is 0 Å². The van der Waals surface area contributed by atoms with Gasteiger partial charge >= 0.3 is 6.09 Å². The van der Waals surface area contributed by atoms with Crippen molar-refractivity contribution in [3.05, 3.63) is 54.6 Å². The molecule has 2 saturated heterocycles. The molecule has 2 atom stereocenters. The molecule has 3 amide bonds. The van der Waals surface area contributed by atoms with Crippen LogP contribution in [0.5, 0.6) is 11.5 Å². The third kappa shape index (κ3) is 6.72. The molecular weight excluding hydrogens is 562 g/mol. The molecule has 0 bridgehead atoms. The monoisotopic (exact) mass is 603 g/mol. The van der Waals surface area contributed by atoms with Crippen LogP contribution in [0.3, 0.4) is 0 Å². The van der Waals surface area contributed by atoms with Crippen LogP contribution in [0.1, 0.15) is 40.0 Å². The Labute approximate surface area is 257 Å². The highest BCUT2D eigenvalue weighted by atomic mass is 16.6. The van der Waals surface area contributed by atoms with E-state index in [4.69, 9.17) is 19.2 Å². The van der Waals surface area contributed by atoms with E-state index in [0.29, 0.717) is 42.9 Å². The third-order valence-corrected chi connectivity index (χ3v) is 8.02. The zero-order chi connectivity index (χ0) is 31.5. The van der Waals surface area contributed by atoms with Crippen LogP contribution in [0.25, 0.3) is 22.2 Å². The minimum Gasteiger partial charge on any atom is -0.497 e. The minimum atomic E-state index is -1.21. The third-order valence-electron chi connectivity index (χ3n) is 8.02. The first-order valence-electron chi connectivity index (χ1n) is 15.0. The molecule has 0 saturated carbocycles. The van der Waals surface area contributed by atoms with Crippen molar-refractivity contribution in [2.45, 2.75) is 63.3 Å². The number of likely N-dealkylation sites (N-methyl/N-ethyl adjacent to an activating group) is 1. The van der Waals surface area contributed by atoms with Gasteiger partial charge in [0.25, 0.3) is 0 Å². The van der Waals surface area contributed by atoms with Crippen molar-refractivity contribution in [2.75, 3.05) is 33.8 Å². The summed E-state index contributed by atoms with van der Waals surface area (Å²) in [4.78, 5) is 46.8. The van der Waals surface area contributed by atoms with E-state index in [9.17, 15) is 14.4 Å². The lowest BCUT2D eigenvalue weighted by Gasteiger charge is -2.40. The fourth-order valence-electron chi connectivity index (χ4n) is 5.88. The largest absolute Gasteiger partial charge is 0.497 e. The predicted molar refractivity (Wildman–Crippen MR) is 167 cm³/mol. The van der Waals surface area contributed by atoms with E-state index < -0.39 is 29.4 Å². The van der Waals surface area contributed by atoms with E-state index in [1.165, 1.54) is 0 Å². The fraction of sp³-hybridized carbons (Fsp3) is 0.455. The summed E-state index contributed by atoms with van der Waals surface area (Å²) in [5.41, 5.74) is 0.411. The van der Waals surface area contributed by atoms with E-state index in [-0.39, 0.29) is 24.8 Å². The number of nitrogens with zero attached hydrogens (tertiary/aromatic N) is 2. The minimum absolute atomic E-state index is 0.169. The Morgan fingerprint density at radius 1 is 1.05 bits per heavy atom. The standard InChI is InChI=1S/C33H41N5O6/c1-32(2,3)44-31(41)37-33(13-15-35-16-14-33)30(40)38-20-23(18-27(38)29(39)34-4)43-28-19-25(21-9-7-6-8-10-21)36-26-17-22(42-5)11-12-24(26)28/h6-12,17,19,23,27,35H,13-16,18,20H2,1-5H3,(H,34,39)(H,37,41)/t23-,27+/m1/s1. The summed E-state index contributed by atoms with van der Waals surface area (Å²) in [6, 6.07) is 16.5. The number of hydrogen-bond acceptors (Lipinski definition) is 8. The van der Waals surface area contributed by atoms with Crippen molar-refractivity contribution in [1.82, 2.24) is 25.8 Å². The van der Waals surface area contributed by atoms with E-state index >= 15 is 0 Å². The molecule has 0 unspecified atom stereocenters. The molecule has 5 rings (SSSR count). The molecule has 0 radical (unpaired) electrons. The molecule has 234 valence electrons. The van der Waals surface area contributed by atoms with Gasteiger partial charge in [-0.15, -0.1) is 0 Å². The Hall–Kier alpha value is -4.38. The zero-order valence-corrected chi connectivity index (χ0v) is 25.9. The Balaban J connectivity index is 1.46. The van der Waals surface area contributed by atoms with Crippen molar-refractivity contribution >= 4 is 28.8 Å². The highest BCUT2D eigenvalue weighted by Crippen LogP contribution is 2.35. The summed E-state index contributed by atoms with van der Waals surface area (Å²) in [6.07, 6.45) is -0.135. The molecule has 11 nitrogen and oxygen atoms in total. The molecule has 1 aromatic heterocycles. The number of aromatic nitrogens is 1. The van der Waals surface area contributed by atoms with E-state index in [2.05, 4.69) is 16.0 Å². The Morgan fingerprint density at radius 2 is 1.77 bits per heavy atom. The second kappa shape index (κ2) is 12.7. The lowest BCUT2D eigenvalue weighted by Crippen LogP contribution is -2.65. The van der Waals surface area contributed by atoms with Gasteiger partial charge in [0.05, 0.1) is 24.9 Å². The van der Waals surface area contributed by atoms with Crippen molar-refractivity contribution in [3.8, 4) is 22.8 Å². The van der Waals surface area contributed by atoms with Gasteiger partial charge in [-0.3, -0.25) is 9.59 Å². The van der Waals surface area contributed by atoms with Gasteiger partial charge in [0.2, 0.25) is 11.8 Å². The summed E-state index contributed by atoms with van der Waals surface area (Å²) in [7, 11) is 3.16. The molecule has 2 aliphatic heterocycles. The van der Waals surface area contributed by atoms with Crippen molar-refractivity contribution < 1.29 is 28.6 Å². The van der Waals surface area contributed by atoms with Gasteiger partial charge in [-0.05, 0) is 58.8 Å². The molecule has 2 fully saturated rings. The fourth-order valence-corrected chi connectivity index (χ4v) is 5.88. The van der Waals surface area contributed by atoms with Crippen molar-refractivity contribution in [3.63, 3.8) is 0 Å². The van der Waals surface area contributed by atoms with Crippen molar-refractivity contribution in [2.24, 2.45) is 0 Å². The molecule has 11 heteroatoms. The lowest BCUT2D eigenvalue weighted by atomic mass is 9.86. The van der Waals surface area contributed by atoms with Gasteiger partial charge in [-0.25, -0.2) is 9.78 Å². The SMILES string of the molecule is CNC(=O)[C@@H]1C[C@@H](Oc2cc(-c3ccccc3)nc3cc(OC)ccc23)CN1C(=O)C1(NC(=O)OC(C)(C)C)CCNCC1. The first-order valence-corrected chi connectivity index (χ1v) is 15.0. The maximum atomic E-state index is 14.3. The van der Waals surface area contributed by atoms with Crippen LogP contribution in [0.2, 0.25) is 0 Å². The van der Waals surface area contributed by atoms with Crippen molar-refractivity contribution in [1.29, 1.82) is 0 Å². The maximum absolute atomic E-state index is 14.3. The van der Waals surface area contributed by atoms with Crippen LogP contribution < -0.4 is 25.4 Å². The number of ether oxygens (including phenoxy) is 3. The molecule has 3 aromatic rings. The Kier molecular flexibility index (Phi) is 8.96. The van der Waals surface area contributed by atoms with E-state index in [0.717, 1.165) is 16.6 Å². The number of amides is 3. The second-order valence-electron chi connectivity index (χ2n) is 12.3. The summed E-state index contributed by atoms with van der Waals surface area (Å²) in [5, 5.41) is 9.62. The number of pyridine rings is 1. The van der Waals surface area contributed by atoms with Gasteiger partial charge < -0.3 is 35.1 Å². The molecule has 0 spiro atoms. The summed E-state index contributed by atoms with van der Waals surface area (Å²) in [5.74, 6) is 0.650. The molecule has 3 heterocycles. The van der Waals surface area contributed by atoms with Crippen LogP contribution >= 0.6 is 0 Å². The summed E-state index contributed by atoms with van der Waals surface area (Å²) >= 11 is 0. The smallest absolute Gasteiger partial charge is 0.408 e. The molecule has 2 aliphatic rings. The number of piperidine rings is 1. The number of hydrogen-bond donors (Lipinski definition) is 3. The van der Waals surface area contributed by atoms with Crippen LogP contribution in [0.15, 0.2) is 54.6 Å². The van der Waals surface area contributed by atoms with Crippen LogP contribution in [0, 0.1) is 0 Å². The number of fused-ring (bicyclic) bond motifs is 1. The number of benzene rings is 2. The maximum Gasteiger partial charge on any atom is 0.408 e. The summed E-state index contributed by atoms with van der Waals surface area (Å²) in [6.45, 7) is 6.56. The van der Waals surface area contributed by atoms with Crippen LogP contribution in [-0.2, 0) is 14.3 Å². The van der Waals surface area contributed by atoms with E-state index in [1.807, 2.05) is 54.6 Å². The highest BCUT2D eigenvalue weighted by Gasteiger charge is 2.50. The molecule has 0 aliphatic carbocycles. The number of alkyl carbamates (subject to hydrolysis) is 1. The number of carbonyl (C=O) groups is 3. The quantitative estimate of drug-likeness (QED) is 0.373. The van der Waals surface area contributed by atoms with Gasteiger partial charge in [-0.1, -0.05) is 30.3 Å². The highest BCUT2D eigenvalue weighted by molar-refractivity contribution is 5.95. The first kappa shape index (κ1) is 31.1. The Morgan fingerprint density at radius 3 is 2.43 bits per heavy atom. The molecular formula is C33H41N5O6. The lowest BCUT2D eigenvalue weighted by molar-refractivity contribution is -0.144.